The van der Waals surface area contributed by atoms with E-state index in [0.717, 1.165) is 11.1 Å². The molecule has 21 heavy (non-hydrogen) atoms. The quantitative estimate of drug-likeness (QED) is 0.607. The van der Waals surface area contributed by atoms with Crippen molar-refractivity contribution in [2.75, 3.05) is 20.3 Å². The van der Waals surface area contributed by atoms with Crippen LogP contribution in [0.4, 0.5) is 0 Å². The minimum absolute atomic E-state index is 0.213. The van der Waals surface area contributed by atoms with E-state index in [0.29, 0.717) is 6.54 Å². The lowest BCUT2D eigenvalue weighted by Crippen LogP contribution is -2.63. The summed E-state index contributed by atoms with van der Waals surface area (Å²) in [6.07, 6.45) is 3.61. The van der Waals surface area contributed by atoms with Gasteiger partial charge in [-0.3, -0.25) is 9.88 Å². The first kappa shape index (κ1) is 15.4. The van der Waals surface area contributed by atoms with Gasteiger partial charge >= 0.3 is 11.9 Å². The molecule has 0 radical (unpaired) electrons. The first-order chi connectivity index (χ1) is 10.1. The molecule has 0 aliphatic carbocycles. The number of carbonyl (C=O) groups excluding carboxylic acids is 2. The third kappa shape index (κ3) is 2.63. The smallest absolute Gasteiger partial charge is 0.338 e. The number of aromatic nitrogens is 1. The zero-order chi connectivity index (χ0) is 15.5. The zero-order valence-electron chi connectivity index (χ0n) is 12.6. The third-order valence-electron chi connectivity index (χ3n) is 3.74. The van der Waals surface area contributed by atoms with Crippen molar-refractivity contribution in [3.05, 3.63) is 29.6 Å². The normalized spacial score (nSPS) is 16.9. The van der Waals surface area contributed by atoms with Gasteiger partial charge in [0.05, 0.1) is 13.2 Å². The first-order valence-corrected chi connectivity index (χ1v) is 7.03. The molecule has 0 saturated carbocycles. The number of hydrogen-bond acceptors (Lipinski definition) is 6. The SMILES string of the molecule is CCOC(=O)C1(C(=O)OCC)Cc2cnccc2CN1C. The summed E-state index contributed by atoms with van der Waals surface area (Å²) in [5.74, 6) is -1.14. The lowest BCUT2D eigenvalue weighted by atomic mass is 9.83. The van der Waals surface area contributed by atoms with E-state index in [2.05, 4.69) is 4.98 Å². The molecule has 1 aromatic heterocycles. The molecule has 0 N–H and O–H groups in total. The molecule has 2 heterocycles. The standard InChI is InChI=1S/C15H20N2O4/c1-4-20-13(18)15(14(19)21-5-2)8-12-9-16-7-6-11(12)10-17(15)3/h6-7,9H,4-5,8,10H2,1-3H3. The van der Waals surface area contributed by atoms with E-state index in [1.54, 1.807) is 38.2 Å². The van der Waals surface area contributed by atoms with Crippen LogP contribution in [0.25, 0.3) is 0 Å². The lowest BCUT2D eigenvalue weighted by Gasteiger charge is -2.41. The van der Waals surface area contributed by atoms with Gasteiger partial charge < -0.3 is 9.47 Å². The van der Waals surface area contributed by atoms with Gasteiger partial charge in [0.25, 0.3) is 0 Å². The molecule has 0 atom stereocenters. The van der Waals surface area contributed by atoms with Gasteiger partial charge in [-0.15, -0.1) is 0 Å². The summed E-state index contributed by atoms with van der Waals surface area (Å²) in [6, 6.07) is 1.89. The van der Waals surface area contributed by atoms with E-state index in [9.17, 15) is 9.59 Å². The molecule has 1 aliphatic rings. The molecule has 0 bridgehead atoms. The molecular weight excluding hydrogens is 272 g/mol. The van der Waals surface area contributed by atoms with Gasteiger partial charge in [-0.2, -0.15) is 0 Å². The molecule has 114 valence electrons. The van der Waals surface area contributed by atoms with Crippen molar-refractivity contribution in [3.8, 4) is 0 Å². The average molecular weight is 292 g/mol. The zero-order valence-corrected chi connectivity index (χ0v) is 12.6. The van der Waals surface area contributed by atoms with E-state index >= 15 is 0 Å². The second-order valence-electron chi connectivity index (χ2n) is 4.98. The van der Waals surface area contributed by atoms with Crippen LogP contribution in [0.15, 0.2) is 18.5 Å². The molecule has 0 spiro atoms. The number of pyridine rings is 1. The number of hydrogen-bond donors (Lipinski definition) is 0. The van der Waals surface area contributed by atoms with Crippen molar-refractivity contribution in [2.45, 2.75) is 32.4 Å². The van der Waals surface area contributed by atoms with E-state index < -0.39 is 17.5 Å². The monoisotopic (exact) mass is 292 g/mol. The Morgan fingerprint density at radius 2 is 1.86 bits per heavy atom. The molecule has 6 heteroatoms. The molecular formula is C15H20N2O4. The van der Waals surface area contributed by atoms with Gasteiger partial charge in [-0.1, -0.05) is 0 Å². The minimum Gasteiger partial charge on any atom is -0.464 e. The Hall–Kier alpha value is -1.95. The highest BCUT2D eigenvalue weighted by Crippen LogP contribution is 2.32. The summed E-state index contributed by atoms with van der Waals surface area (Å²) < 4.78 is 10.3. The van der Waals surface area contributed by atoms with Crippen molar-refractivity contribution >= 4 is 11.9 Å². The molecule has 0 aromatic carbocycles. The fourth-order valence-corrected chi connectivity index (χ4v) is 2.61. The first-order valence-electron chi connectivity index (χ1n) is 7.03. The van der Waals surface area contributed by atoms with Gasteiger partial charge in [0, 0.05) is 25.4 Å². The summed E-state index contributed by atoms with van der Waals surface area (Å²) in [7, 11) is 1.73. The van der Waals surface area contributed by atoms with Gasteiger partial charge in [0.15, 0.2) is 0 Å². The van der Waals surface area contributed by atoms with Crippen molar-refractivity contribution in [1.29, 1.82) is 0 Å². The van der Waals surface area contributed by atoms with Crippen molar-refractivity contribution in [2.24, 2.45) is 0 Å². The predicted octanol–water partition coefficient (Wildman–Crippen LogP) is 0.934. The molecule has 1 aromatic rings. The Morgan fingerprint density at radius 1 is 1.24 bits per heavy atom. The number of carbonyl (C=O) groups is 2. The average Bonchev–Trinajstić information content (AvgIpc) is 2.46. The van der Waals surface area contributed by atoms with Crippen LogP contribution in [0.3, 0.4) is 0 Å². The number of nitrogens with zero attached hydrogens (tertiary/aromatic N) is 2. The number of esters is 2. The summed E-state index contributed by atoms with van der Waals surface area (Å²) in [5.41, 5.74) is 0.496. The van der Waals surface area contributed by atoms with E-state index in [4.69, 9.17) is 9.47 Å². The lowest BCUT2D eigenvalue weighted by molar-refractivity contribution is -0.175. The number of ether oxygens (including phenoxy) is 2. The maximum Gasteiger partial charge on any atom is 0.338 e. The number of likely N-dealkylation sites (N-methyl/N-ethyl adjacent to an activating group) is 1. The summed E-state index contributed by atoms with van der Waals surface area (Å²) in [6.45, 7) is 4.33. The Labute approximate surface area is 124 Å². The second kappa shape index (κ2) is 6.22. The summed E-state index contributed by atoms with van der Waals surface area (Å²) in [4.78, 5) is 30.7. The molecule has 0 amide bonds. The topological polar surface area (TPSA) is 68.7 Å². The molecule has 1 aliphatic heterocycles. The molecule has 0 saturated heterocycles. The van der Waals surface area contributed by atoms with Gasteiger partial charge in [-0.05, 0) is 38.1 Å². The van der Waals surface area contributed by atoms with Crippen LogP contribution in [0, 0.1) is 0 Å². The fourth-order valence-electron chi connectivity index (χ4n) is 2.61. The Balaban J connectivity index is 2.45. The molecule has 2 rings (SSSR count). The number of fused-ring (bicyclic) bond motifs is 1. The molecule has 0 unspecified atom stereocenters. The van der Waals surface area contributed by atoms with Crippen LogP contribution in [-0.2, 0) is 32.0 Å². The highest BCUT2D eigenvalue weighted by atomic mass is 16.6. The van der Waals surface area contributed by atoms with Crippen LogP contribution >= 0.6 is 0 Å². The maximum absolute atomic E-state index is 12.5. The van der Waals surface area contributed by atoms with Crippen LogP contribution in [0.1, 0.15) is 25.0 Å². The van der Waals surface area contributed by atoms with E-state index in [1.165, 1.54) is 0 Å². The largest absolute Gasteiger partial charge is 0.464 e. The summed E-state index contributed by atoms with van der Waals surface area (Å²) in [5, 5.41) is 0. The molecule has 6 nitrogen and oxygen atoms in total. The summed E-state index contributed by atoms with van der Waals surface area (Å²) >= 11 is 0. The highest BCUT2D eigenvalue weighted by molar-refractivity contribution is 6.05. The second-order valence-corrected chi connectivity index (χ2v) is 4.98. The van der Waals surface area contributed by atoms with Crippen LogP contribution in [-0.4, -0.2) is 47.6 Å². The predicted molar refractivity (Wildman–Crippen MR) is 75.4 cm³/mol. The highest BCUT2D eigenvalue weighted by Gasteiger charge is 2.54. The van der Waals surface area contributed by atoms with Crippen LogP contribution in [0.5, 0.6) is 0 Å². The Morgan fingerprint density at radius 3 is 2.43 bits per heavy atom. The van der Waals surface area contributed by atoms with Gasteiger partial charge in [-0.25, -0.2) is 9.59 Å². The third-order valence-corrected chi connectivity index (χ3v) is 3.74. The van der Waals surface area contributed by atoms with Crippen molar-refractivity contribution in [3.63, 3.8) is 0 Å². The Bertz CT molecular complexity index is 526. The van der Waals surface area contributed by atoms with Crippen LogP contribution in [0.2, 0.25) is 0 Å². The maximum atomic E-state index is 12.5. The van der Waals surface area contributed by atoms with Gasteiger partial charge in [0.1, 0.15) is 0 Å². The van der Waals surface area contributed by atoms with Crippen molar-refractivity contribution in [1.82, 2.24) is 9.88 Å². The fraction of sp³-hybridized carbons (Fsp3) is 0.533. The van der Waals surface area contributed by atoms with E-state index in [-0.39, 0.29) is 19.6 Å². The van der Waals surface area contributed by atoms with Gasteiger partial charge in [0.2, 0.25) is 5.54 Å². The van der Waals surface area contributed by atoms with E-state index in [1.807, 2.05) is 6.07 Å². The number of rotatable bonds is 4. The van der Waals surface area contributed by atoms with Crippen molar-refractivity contribution < 1.29 is 19.1 Å². The Kier molecular flexibility index (Phi) is 4.57. The minimum atomic E-state index is -1.43. The van der Waals surface area contributed by atoms with Crippen LogP contribution < -0.4 is 0 Å². The molecule has 0 fully saturated rings.